The zero-order valence-corrected chi connectivity index (χ0v) is 20.3. The number of sulfonamides is 1. The molecule has 2 aromatic heterocycles. The van der Waals surface area contributed by atoms with Gasteiger partial charge in [0.15, 0.2) is 0 Å². The van der Waals surface area contributed by atoms with E-state index in [0.29, 0.717) is 27.9 Å². The van der Waals surface area contributed by atoms with Crippen LogP contribution < -0.4 is 4.72 Å². The third kappa shape index (κ3) is 4.53. The largest absolute Gasteiger partial charge is 0.335 e. The van der Waals surface area contributed by atoms with Gasteiger partial charge in [0.05, 0.1) is 22.5 Å². The molecule has 0 spiro atoms. The first-order valence-corrected chi connectivity index (χ1v) is 12.7. The monoisotopic (exact) mass is 468 g/mol. The summed E-state index contributed by atoms with van der Waals surface area (Å²) in [6.45, 7) is 7.04. The minimum Gasteiger partial charge on any atom is -0.335 e. The lowest BCUT2D eigenvalue weighted by atomic mass is 9.95. The zero-order valence-electron chi connectivity index (χ0n) is 19.4. The number of aromatic nitrogens is 2. The van der Waals surface area contributed by atoms with Gasteiger partial charge in [0.1, 0.15) is 16.8 Å². The summed E-state index contributed by atoms with van der Waals surface area (Å²) in [7, 11) is -3.73. The standard InChI is InChI=1S/C25H29FN4O2S/c1-16-12-23-19(13-21(16)26)20(14-27)24(30(23)17-8-6-5-7-9-17)22-11-10-18(15-28-22)33(31,32)29-25(2,3)4/h10-13,15,17,29H,5-9H2,1-4H3. The van der Waals surface area contributed by atoms with Gasteiger partial charge < -0.3 is 4.57 Å². The first-order chi connectivity index (χ1) is 15.5. The van der Waals surface area contributed by atoms with Crippen molar-refractivity contribution >= 4 is 20.9 Å². The number of halogens is 1. The molecule has 6 nitrogen and oxygen atoms in total. The molecule has 1 aromatic carbocycles. The van der Waals surface area contributed by atoms with Gasteiger partial charge in [-0.05, 0) is 70.4 Å². The lowest BCUT2D eigenvalue weighted by Crippen LogP contribution is -2.40. The van der Waals surface area contributed by atoms with Crippen LogP contribution >= 0.6 is 0 Å². The van der Waals surface area contributed by atoms with Crippen molar-refractivity contribution in [2.75, 3.05) is 0 Å². The number of nitriles is 1. The molecule has 0 saturated heterocycles. The van der Waals surface area contributed by atoms with Crippen molar-refractivity contribution in [1.82, 2.24) is 14.3 Å². The number of nitrogens with one attached hydrogen (secondary N) is 1. The van der Waals surface area contributed by atoms with E-state index in [9.17, 15) is 18.1 Å². The molecule has 0 bridgehead atoms. The fourth-order valence-corrected chi connectivity index (χ4v) is 6.02. The summed E-state index contributed by atoms with van der Waals surface area (Å²) in [6.07, 6.45) is 6.62. The Morgan fingerprint density at radius 1 is 1.18 bits per heavy atom. The van der Waals surface area contributed by atoms with E-state index in [-0.39, 0.29) is 16.8 Å². The van der Waals surface area contributed by atoms with Gasteiger partial charge in [-0.25, -0.2) is 17.5 Å². The summed E-state index contributed by atoms with van der Waals surface area (Å²) in [6, 6.07) is 8.81. The molecule has 1 aliphatic rings. The third-order valence-electron chi connectivity index (χ3n) is 6.06. The van der Waals surface area contributed by atoms with E-state index >= 15 is 0 Å². The van der Waals surface area contributed by atoms with Crippen molar-refractivity contribution in [3.63, 3.8) is 0 Å². The van der Waals surface area contributed by atoms with Crippen LogP contribution in [-0.2, 0) is 10.0 Å². The second-order valence-electron chi connectivity index (χ2n) is 9.85. The molecule has 0 aliphatic heterocycles. The maximum atomic E-state index is 14.5. The predicted molar refractivity (Wildman–Crippen MR) is 127 cm³/mol. The van der Waals surface area contributed by atoms with Crippen molar-refractivity contribution in [3.05, 3.63) is 47.4 Å². The molecular weight excluding hydrogens is 439 g/mol. The quantitative estimate of drug-likeness (QED) is 0.539. The molecule has 2 heterocycles. The van der Waals surface area contributed by atoms with Crippen LogP contribution in [0, 0.1) is 24.1 Å². The minimum absolute atomic E-state index is 0.0573. The number of benzene rings is 1. The Hall–Kier alpha value is -2.76. The molecule has 0 unspecified atom stereocenters. The molecule has 4 rings (SSSR count). The molecule has 3 aromatic rings. The van der Waals surface area contributed by atoms with Crippen LogP contribution in [-0.4, -0.2) is 23.5 Å². The Morgan fingerprint density at radius 2 is 1.88 bits per heavy atom. The maximum Gasteiger partial charge on any atom is 0.242 e. The molecule has 1 aliphatic carbocycles. The van der Waals surface area contributed by atoms with Crippen LogP contribution in [0.25, 0.3) is 22.3 Å². The number of pyridine rings is 1. The molecule has 0 radical (unpaired) electrons. The molecule has 1 fully saturated rings. The fourth-order valence-electron chi connectivity index (χ4n) is 4.66. The van der Waals surface area contributed by atoms with Crippen LogP contribution in [0.3, 0.4) is 0 Å². The highest BCUT2D eigenvalue weighted by Gasteiger charge is 2.28. The van der Waals surface area contributed by atoms with Crippen LogP contribution in [0.2, 0.25) is 0 Å². The molecule has 174 valence electrons. The highest BCUT2D eigenvalue weighted by Crippen LogP contribution is 2.40. The normalized spacial score (nSPS) is 15.6. The third-order valence-corrected chi connectivity index (χ3v) is 7.81. The maximum absolute atomic E-state index is 14.5. The van der Waals surface area contributed by atoms with Gasteiger partial charge in [0.2, 0.25) is 10.0 Å². The van der Waals surface area contributed by atoms with E-state index in [0.717, 1.165) is 31.2 Å². The van der Waals surface area contributed by atoms with E-state index in [4.69, 9.17) is 0 Å². The van der Waals surface area contributed by atoms with Gasteiger partial charge >= 0.3 is 0 Å². The number of hydrogen-bond acceptors (Lipinski definition) is 4. The van der Waals surface area contributed by atoms with E-state index in [2.05, 4.69) is 20.3 Å². The highest BCUT2D eigenvalue weighted by atomic mass is 32.2. The van der Waals surface area contributed by atoms with Gasteiger partial charge in [0.25, 0.3) is 0 Å². The Balaban J connectivity index is 1.91. The van der Waals surface area contributed by atoms with Gasteiger partial charge in [-0.2, -0.15) is 5.26 Å². The summed E-state index contributed by atoms with van der Waals surface area (Å²) in [5.74, 6) is -0.353. The highest BCUT2D eigenvalue weighted by molar-refractivity contribution is 7.89. The second kappa shape index (κ2) is 8.54. The van der Waals surface area contributed by atoms with Crippen molar-refractivity contribution in [1.29, 1.82) is 5.26 Å². The van der Waals surface area contributed by atoms with Gasteiger partial charge in [-0.1, -0.05) is 19.3 Å². The topological polar surface area (TPSA) is 87.8 Å². The first kappa shape index (κ1) is 23.4. The van der Waals surface area contributed by atoms with Crippen LogP contribution in [0.1, 0.15) is 70.0 Å². The van der Waals surface area contributed by atoms with Gasteiger partial charge in [0, 0.05) is 23.2 Å². The average Bonchev–Trinajstić information content (AvgIpc) is 3.06. The Bertz CT molecular complexity index is 1340. The molecule has 33 heavy (non-hydrogen) atoms. The Morgan fingerprint density at radius 3 is 2.45 bits per heavy atom. The summed E-state index contributed by atoms with van der Waals surface area (Å²) in [5.41, 5.74) is 2.21. The summed E-state index contributed by atoms with van der Waals surface area (Å²) in [4.78, 5) is 4.52. The summed E-state index contributed by atoms with van der Waals surface area (Å²) in [5, 5.41) is 10.6. The van der Waals surface area contributed by atoms with Crippen LogP contribution in [0.5, 0.6) is 0 Å². The van der Waals surface area contributed by atoms with E-state index in [1.54, 1.807) is 39.8 Å². The van der Waals surface area contributed by atoms with Gasteiger partial charge in [-0.15, -0.1) is 0 Å². The lowest BCUT2D eigenvalue weighted by Gasteiger charge is -2.26. The molecule has 1 saturated carbocycles. The number of hydrogen-bond donors (Lipinski definition) is 1. The zero-order chi connectivity index (χ0) is 24.0. The van der Waals surface area contributed by atoms with Crippen molar-refractivity contribution in [2.24, 2.45) is 0 Å². The van der Waals surface area contributed by atoms with Crippen LogP contribution in [0.15, 0.2) is 35.4 Å². The number of nitrogens with zero attached hydrogens (tertiary/aromatic N) is 3. The van der Waals surface area contributed by atoms with Crippen molar-refractivity contribution in [3.8, 4) is 17.5 Å². The van der Waals surface area contributed by atoms with Crippen molar-refractivity contribution < 1.29 is 12.8 Å². The summed E-state index contributed by atoms with van der Waals surface area (Å²) < 4.78 is 44.6. The molecular formula is C25H29FN4O2S. The van der Waals surface area contributed by atoms with Crippen molar-refractivity contribution in [2.45, 2.75) is 76.3 Å². The van der Waals surface area contributed by atoms with E-state index in [1.165, 1.54) is 24.8 Å². The number of aryl methyl sites for hydroxylation is 1. The second-order valence-corrected chi connectivity index (χ2v) is 11.5. The predicted octanol–water partition coefficient (Wildman–Crippen LogP) is 5.60. The first-order valence-electron chi connectivity index (χ1n) is 11.3. The lowest BCUT2D eigenvalue weighted by molar-refractivity contribution is 0.363. The van der Waals surface area contributed by atoms with Gasteiger partial charge in [-0.3, -0.25) is 4.98 Å². The van der Waals surface area contributed by atoms with Crippen LogP contribution in [0.4, 0.5) is 4.39 Å². The molecule has 0 amide bonds. The Kier molecular flexibility index (Phi) is 6.06. The smallest absolute Gasteiger partial charge is 0.242 e. The molecule has 0 atom stereocenters. The molecule has 8 heteroatoms. The minimum atomic E-state index is -3.73. The fraction of sp³-hybridized carbons (Fsp3) is 0.440. The average molecular weight is 469 g/mol. The van der Waals surface area contributed by atoms with E-state index in [1.807, 2.05) is 0 Å². The molecule has 1 N–H and O–H groups in total. The Labute approximate surface area is 194 Å². The SMILES string of the molecule is Cc1cc2c(cc1F)c(C#N)c(-c1ccc(S(=O)(=O)NC(C)(C)C)cn1)n2C1CCCCC1. The van der Waals surface area contributed by atoms with E-state index < -0.39 is 15.6 Å². The number of fused-ring (bicyclic) bond motifs is 1. The summed E-state index contributed by atoms with van der Waals surface area (Å²) >= 11 is 0. The number of rotatable bonds is 4.